The van der Waals surface area contributed by atoms with E-state index < -0.39 is 0 Å². The van der Waals surface area contributed by atoms with Crippen molar-refractivity contribution >= 4 is 5.91 Å². The molecule has 4 rings (SSSR count). The summed E-state index contributed by atoms with van der Waals surface area (Å²) >= 11 is 0. The molecule has 6 nitrogen and oxygen atoms in total. The molecule has 2 aromatic heterocycles. The van der Waals surface area contributed by atoms with Crippen molar-refractivity contribution in [3.8, 4) is 11.6 Å². The normalized spacial score (nSPS) is 16.6. The predicted octanol–water partition coefficient (Wildman–Crippen LogP) is 2.73. The first-order chi connectivity index (χ1) is 12.6. The molecule has 2 atom stereocenters. The number of pyridine rings is 1. The zero-order valence-corrected chi connectivity index (χ0v) is 14.7. The van der Waals surface area contributed by atoms with Crippen molar-refractivity contribution in [3.63, 3.8) is 0 Å². The Balaban J connectivity index is 1.51. The summed E-state index contributed by atoms with van der Waals surface area (Å²) in [7, 11) is 1.80. The van der Waals surface area contributed by atoms with Crippen molar-refractivity contribution in [1.29, 1.82) is 0 Å². The van der Waals surface area contributed by atoms with Crippen molar-refractivity contribution in [1.82, 2.24) is 19.4 Å². The van der Waals surface area contributed by atoms with Gasteiger partial charge >= 0.3 is 0 Å². The zero-order chi connectivity index (χ0) is 18.1. The molecule has 1 amide bonds. The number of likely N-dealkylation sites (N-methyl/N-ethyl adjacent to an activating group) is 1. The second kappa shape index (κ2) is 6.63. The van der Waals surface area contributed by atoms with Crippen LogP contribution in [0, 0.1) is 0 Å². The van der Waals surface area contributed by atoms with E-state index in [4.69, 9.17) is 4.74 Å². The number of hydrogen-bond donors (Lipinski definition) is 0. The summed E-state index contributed by atoms with van der Waals surface area (Å²) in [4.78, 5) is 23.1. The van der Waals surface area contributed by atoms with Crippen molar-refractivity contribution < 1.29 is 9.53 Å². The van der Waals surface area contributed by atoms with Crippen LogP contribution in [0.15, 0.2) is 61.2 Å². The van der Waals surface area contributed by atoms with E-state index in [1.54, 1.807) is 41.3 Å². The van der Waals surface area contributed by atoms with Crippen LogP contribution < -0.4 is 4.74 Å². The van der Waals surface area contributed by atoms with Gasteiger partial charge in [-0.05, 0) is 30.7 Å². The summed E-state index contributed by atoms with van der Waals surface area (Å²) in [6, 6.07) is 13.3. The lowest BCUT2D eigenvalue weighted by atomic mass is 10.0. The average molecular weight is 348 g/mol. The van der Waals surface area contributed by atoms with Gasteiger partial charge in [0.25, 0.3) is 5.91 Å². The first kappa shape index (κ1) is 16.3. The molecule has 0 saturated heterocycles. The Labute approximate surface area is 152 Å². The smallest absolute Gasteiger partial charge is 0.272 e. The van der Waals surface area contributed by atoms with E-state index in [2.05, 4.69) is 16.0 Å². The largest absolute Gasteiger partial charge is 0.488 e. The Bertz CT molecular complexity index is 898. The number of hydrogen-bond acceptors (Lipinski definition) is 4. The van der Waals surface area contributed by atoms with Gasteiger partial charge in [0, 0.05) is 25.9 Å². The number of para-hydroxylation sites is 1. The fourth-order valence-electron chi connectivity index (χ4n) is 3.17. The molecular weight excluding hydrogens is 328 g/mol. The number of amides is 1. The highest BCUT2D eigenvalue weighted by molar-refractivity contribution is 5.92. The number of carbonyl (C=O) groups is 1. The minimum absolute atomic E-state index is 0.0572. The van der Waals surface area contributed by atoms with Crippen LogP contribution in [0.5, 0.6) is 5.75 Å². The molecule has 6 heteroatoms. The van der Waals surface area contributed by atoms with E-state index in [9.17, 15) is 4.79 Å². The molecular formula is C20H20N4O2. The number of nitrogens with zero attached hydrogens (tertiary/aromatic N) is 4. The quantitative estimate of drug-likeness (QED) is 0.727. The third kappa shape index (κ3) is 2.94. The Morgan fingerprint density at radius 2 is 2.12 bits per heavy atom. The second-order valence-electron chi connectivity index (χ2n) is 6.48. The van der Waals surface area contributed by atoms with Crippen LogP contribution in [0.1, 0.15) is 23.0 Å². The maximum absolute atomic E-state index is 12.9. The van der Waals surface area contributed by atoms with Crippen LogP contribution in [0.2, 0.25) is 0 Å². The van der Waals surface area contributed by atoms with Crippen LogP contribution >= 0.6 is 0 Å². The molecule has 132 valence electrons. The highest BCUT2D eigenvalue weighted by Crippen LogP contribution is 2.30. The summed E-state index contributed by atoms with van der Waals surface area (Å²) in [5.41, 5.74) is 1.59. The van der Waals surface area contributed by atoms with Crippen LogP contribution in [-0.2, 0) is 6.42 Å². The zero-order valence-electron chi connectivity index (χ0n) is 14.7. The molecule has 0 bridgehead atoms. The third-order valence-corrected chi connectivity index (χ3v) is 4.86. The van der Waals surface area contributed by atoms with Crippen LogP contribution in [0.25, 0.3) is 5.82 Å². The number of aromatic nitrogens is 3. The number of carbonyl (C=O) groups excluding carboxylic acids is 1. The fourth-order valence-corrected chi connectivity index (χ4v) is 3.17. The maximum atomic E-state index is 12.9. The lowest BCUT2D eigenvalue weighted by Crippen LogP contribution is -2.44. The van der Waals surface area contributed by atoms with Crippen molar-refractivity contribution in [2.75, 3.05) is 7.05 Å². The first-order valence-electron chi connectivity index (χ1n) is 8.60. The van der Waals surface area contributed by atoms with Gasteiger partial charge in [-0.25, -0.2) is 9.97 Å². The standard InChI is InChI=1S/C20H20N4O2/c1-14(18-12-15-6-3-4-8-17(15)26-18)23(2)20(25)16-7-5-9-19(22-16)24-11-10-21-13-24/h3-11,13-14,18H,12H2,1-2H3/t14-,18-/m1/s1. The molecule has 0 spiro atoms. The van der Waals surface area contributed by atoms with Gasteiger partial charge in [0.05, 0.1) is 6.04 Å². The Kier molecular flexibility index (Phi) is 4.16. The molecule has 26 heavy (non-hydrogen) atoms. The van der Waals surface area contributed by atoms with Gasteiger partial charge in [0.15, 0.2) is 0 Å². The number of imidazole rings is 1. The molecule has 0 saturated carbocycles. The minimum atomic E-state index is -0.126. The third-order valence-electron chi connectivity index (χ3n) is 4.86. The van der Waals surface area contributed by atoms with Gasteiger partial charge in [0.2, 0.25) is 0 Å². The van der Waals surface area contributed by atoms with Gasteiger partial charge in [-0.1, -0.05) is 24.3 Å². The van der Waals surface area contributed by atoms with E-state index in [0.717, 1.165) is 12.2 Å². The molecule has 0 unspecified atom stereocenters. The molecule has 3 heterocycles. The highest BCUT2D eigenvalue weighted by Gasteiger charge is 2.32. The summed E-state index contributed by atoms with van der Waals surface area (Å²) < 4.78 is 7.81. The van der Waals surface area contributed by atoms with Gasteiger partial charge in [0.1, 0.15) is 29.7 Å². The van der Waals surface area contributed by atoms with E-state index >= 15 is 0 Å². The maximum Gasteiger partial charge on any atom is 0.272 e. The van der Waals surface area contributed by atoms with Gasteiger partial charge < -0.3 is 9.64 Å². The minimum Gasteiger partial charge on any atom is -0.488 e. The van der Waals surface area contributed by atoms with Crippen LogP contribution in [-0.4, -0.2) is 44.5 Å². The summed E-state index contributed by atoms with van der Waals surface area (Å²) in [5.74, 6) is 1.45. The second-order valence-corrected chi connectivity index (χ2v) is 6.48. The highest BCUT2D eigenvalue weighted by atomic mass is 16.5. The molecule has 0 radical (unpaired) electrons. The van der Waals surface area contributed by atoms with E-state index in [1.165, 1.54) is 5.56 Å². The van der Waals surface area contributed by atoms with Crippen molar-refractivity contribution in [2.24, 2.45) is 0 Å². The first-order valence-corrected chi connectivity index (χ1v) is 8.60. The fraction of sp³-hybridized carbons (Fsp3) is 0.250. The molecule has 1 aliphatic heterocycles. The lowest BCUT2D eigenvalue weighted by Gasteiger charge is -2.29. The van der Waals surface area contributed by atoms with E-state index in [-0.39, 0.29) is 18.1 Å². The lowest BCUT2D eigenvalue weighted by molar-refractivity contribution is 0.0592. The summed E-state index contributed by atoms with van der Waals surface area (Å²) in [6.45, 7) is 2.01. The monoisotopic (exact) mass is 348 g/mol. The predicted molar refractivity (Wildman–Crippen MR) is 97.5 cm³/mol. The Morgan fingerprint density at radius 1 is 1.27 bits per heavy atom. The summed E-state index contributed by atoms with van der Waals surface area (Å²) in [6.07, 6.45) is 5.88. The topological polar surface area (TPSA) is 60.2 Å². The molecule has 1 aromatic carbocycles. The van der Waals surface area contributed by atoms with Gasteiger partial charge in [-0.3, -0.25) is 9.36 Å². The summed E-state index contributed by atoms with van der Waals surface area (Å²) in [5, 5.41) is 0. The SMILES string of the molecule is C[C@H]([C@H]1Cc2ccccc2O1)N(C)C(=O)c1cccc(-n2ccnc2)n1. The number of ether oxygens (including phenoxy) is 1. The van der Waals surface area contributed by atoms with Gasteiger partial charge in [-0.15, -0.1) is 0 Å². The van der Waals surface area contributed by atoms with Gasteiger partial charge in [-0.2, -0.15) is 0 Å². The Hall–Kier alpha value is -3.15. The number of fused-ring (bicyclic) bond motifs is 1. The Morgan fingerprint density at radius 3 is 2.88 bits per heavy atom. The molecule has 1 aliphatic rings. The number of benzene rings is 1. The van der Waals surface area contributed by atoms with E-state index in [1.807, 2.05) is 37.3 Å². The van der Waals surface area contributed by atoms with Crippen molar-refractivity contribution in [2.45, 2.75) is 25.5 Å². The van der Waals surface area contributed by atoms with Crippen LogP contribution in [0.3, 0.4) is 0 Å². The van der Waals surface area contributed by atoms with Crippen LogP contribution in [0.4, 0.5) is 0 Å². The molecule has 0 aliphatic carbocycles. The van der Waals surface area contributed by atoms with E-state index in [0.29, 0.717) is 11.5 Å². The van der Waals surface area contributed by atoms with Crippen molar-refractivity contribution in [3.05, 3.63) is 72.4 Å². The average Bonchev–Trinajstić information content (AvgIpc) is 3.36. The molecule has 0 N–H and O–H groups in total. The number of rotatable bonds is 4. The molecule has 0 fully saturated rings. The molecule has 3 aromatic rings.